The first-order valence-corrected chi connectivity index (χ1v) is 13.9. The summed E-state index contributed by atoms with van der Waals surface area (Å²) in [6.45, 7) is 3.59. The Morgan fingerprint density at radius 1 is 1.32 bits per heavy atom. The molecular formula is C24H30ClN3O4S2. The number of nitrogens with zero attached hydrogens (tertiary/aromatic N) is 2. The van der Waals surface area contributed by atoms with Crippen LogP contribution >= 0.6 is 34.7 Å². The number of thioether (sulfide) groups is 1. The highest BCUT2D eigenvalue weighted by atomic mass is 35.5. The second-order valence-corrected chi connectivity index (χ2v) is 11.8. The number of amides is 2. The summed E-state index contributed by atoms with van der Waals surface area (Å²) in [4.78, 5) is 30.3. The highest BCUT2D eigenvalue weighted by molar-refractivity contribution is 8.01. The number of carboxylic acids is 1. The molecule has 2 heterocycles. The van der Waals surface area contributed by atoms with E-state index in [1.807, 2.05) is 23.1 Å². The van der Waals surface area contributed by atoms with Gasteiger partial charge in [-0.05, 0) is 62.6 Å². The van der Waals surface area contributed by atoms with Crippen molar-refractivity contribution < 1.29 is 19.4 Å². The molecule has 4 rings (SSSR count). The molecule has 0 saturated heterocycles. The van der Waals surface area contributed by atoms with Crippen molar-refractivity contribution in [2.45, 2.75) is 61.6 Å². The number of carboxylic acid groups (broad SMARTS) is 1. The van der Waals surface area contributed by atoms with Crippen LogP contribution in [0.1, 0.15) is 56.9 Å². The standard InChI is InChI=1S/C24H30ClN3O4S2/c1-15-4-7-18(8-5-15)28(24(31)27-23-26-12-22(34-23)33-14-21(29)30)10-2-3-16-13-32-20-9-6-17(25)11-19(16)20/h6,9,11-12,15-16,18H,2-5,7-8,10,13-14H2,1H3,(H,29,30)(H,26,27,31)/t15-,16?,18-. The van der Waals surface area contributed by atoms with Crippen molar-refractivity contribution in [3.05, 3.63) is 35.0 Å². The molecule has 34 heavy (non-hydrogen) atoms. The molecule has 1 aliphatic carbocycles. The lowest BCUT2D eigenvalue weighted by Crippen LogP contribution is -2.45. The number of thiazole rings is 1. The molecule has 7 nitrogen and oxygen atoms in total. The van der Waals surface area contributed by atoms with E-state index in [9.17, 15) is 9.59 Å². The van der Waals surface area contributed by atoms with Crippen LogP contribution in [0.2, 0.25) is 5.02 Å². The van der Waals surface area contributed by atoms with E-state index >= 15 is 0 Å². The van der Waals surface area contributed by atoms with E-state index in [0.29, 0.717) is 24.2 Å². The molecule has 2 amide bonds. The van der Waals surface area contributed by atoms with Gasteiger partial charge in [0.05, 0.1) is 22.8 Å². The highest BCUT2D eigenvalue weighted by Crippen LogP contribution is 2.38. The fraction of sp³-hybridized carbons (Fsp3) is 0.542. The van der Waals surface area contributed by atoms with Crippen molar-refractivity contribution in [3.8, 4) is 5.75 Å². The number of rotatable bonds is 9. The number of carbonyl (C=O) groups is 2. The van der Waals surface area contributed by atoms with E-state index < -0.39 is 5.97 Å². The number of fused-ring (bicyclic) bond motifs is 1. The van der Waals surface area contributed by atoms with Crippen LogP contribution in [0.3, 0.4) is 0 Å². The van der Waals surface area contributed by atoms with Gasteiger partial charge in [-0.2, -0.15) is 0 Å². The predicted molar refractivity (Wildman–Crippen MR) is 137 cm³/mol. The number of aliphatic carboxylic acids is 1. The summed E-state index contributed by atoms with van der Waals surface area (Å²) >= 11 is 8.70. The van der Waals surface area contributed by atoms with Crippen molar-refractivity contribution in [1.82, 2.24) is 9.88 Å². The summed E-state index contributed by atoms with van der Waals surface area (Å²) in [5, 5.41) is 13.0. The number of hydrogen-bond acceptors (Lipinski definition) is 6. The van der Waals surface area contributed by atoms with Crippen molar-refractivity contribution >= 4 is 51.8 Å². The average molecular weight is 524 g/mol. The van der Waals surface area contributed by atoms with Gasteiger partial charge in [0, 0.05) is 29.1 Å². The maximum Gasteiger partial charge on any atom is 0.323 e. The minimum Gasteiger partial charge on any atom is -0.493 e. The number of anilines is 1. The van der Waals surface area contributed by atoms with Crippen LogP contribution in [-0.2, 0) is 4.79 Å². The maximum atomic E-state index is 13.3. The Labute approximate surface area is 213 Å². The van der Waals surface area contributed by atoms with Crippen LogP contribution in [0, 0.1) is 5.92 Å². The zero-order valence-corrected chi connectivity index (χ0v) is 21.6. The van der Waals surface area contributed by atoms with Crippen molar-refractivity contribution in [3.63, 3.8) is 0 Å². The number of ether oxygens (including phenoxy) is 1. The van der Waals surface area contributed by atoms with Crippen LogP contribution in [0.5, 0.6) is 5.75 Å². The summed E-state index contributed by atoms with van der Waals surface area (Å²) in [7, 11) is 0. The van der Waals surface area contributed by atoms with Crippen LogP contribution in [-0.4, -0.2) is 51.9 Å². The molecule has 1 aromatic heterocycles. The largest absolute Gasteiger partial charge is 0.493 e. The van der Waals surface area contributed by atoms with Gasteiger partial charge in [0.1, 0.15) is 5.75 Å². The Hall–Kier alpha value is -1.97. The van der Waals surface area contributed by atoms with Gasteiger partial charge in [0.15, 0.2) is 5.13 Å². The van der Waals surface area contributed by atoms with E-state index in [0.717, 1.165) is 59.1 Å². The maximum absolute atomic E-state index is 13.3. The smallest absolute Gasteiger partial charge is 0.323 e. The number of urea groups is 1. The molecule has 184 valence electrons. The quantitative estimate of drug-likeness (QED) is 0.372. The topological polar surface area (TPSA) is 91.8 Å². The van der Waals surface area contributed by atoms with Gasteiger partial charge in [0.2, 0.25) is 0 Å². The Morgan fingerprint density at radius 3 is 2.88 bits per heavy atom. The molecule has 2 aromatic rings. The van der Waals surface area contributed by atoms with E-state index in [1.165, 1.54) is 23.1 Å². The molecule has 1 atom stereocenters. The molecule has 1 aliphatic heterocycles. The monoisotopic (exact) mass is 523 g/mol. The molecule has 1 saturated carbocycles. The third-order valence-corrected chi connectivity index (χ3v) is 8.85. The molecule has 2 aliphatic rings. The van der Waals surface area contributed by atoms with Crippen LogP contribution in [0.25, 0.3) is 0 Å². The molecule has 1 unspecified atom stereocenters. The normalized spacial score (nSPS) is 21.5. The van der Waals surface area contributed by atoms with Crippen molar-refractivity contribution in [1.29, 1.82) is 0 Å². The van der Waals surface area contributed by atoms with Gasteiger partial charge in [-0.3, -0.25) is 10.1 Å². The van der Waals surface area contributed by atoms with Gasteiger partial charge < -0.3 is 14.7 Å². The van der Waals surface area contributed by atoms with Gasteiger partial charge in [-0.25, -0.2) is 9.78 Å². The zero-order chi connectivity index (χ0) is 24.1. The SMILES string of the molecule is C[C@H]1CC[C@H](N(CCCC2COc3ccc(Cl)cc32)C(=O)Nc2ncc(SCC(=O)O)s2)CC1. The number of benzene rings is 1. The van der Waals surface area contributed by atoms with Crippen LogP contribution < -0.4 is 10.1 Å². The summed E-state index contributed by atoms with van der Waals surface area (Å²) in [5.41, 5.74) is 1.16. The summed E-state index contributed by atoms with van der Waals surface area (Å²) in [6.07, 6.45) is 7.69. The molecule has 0 spiro atoms. The molecule has 0 bridgehead atoms. The van der Waals surface area contributed by atoms with E-state index in [4.69, 9.17) is 21.4 Å². The van der Waals surface area contributed by atoms with Crippen LogP contribution in [0.4, 0.5) is 9.93 Å². The Morgan fingerprint density at radius 2 is 2.12 bits per heavy atom. The molecule has 0 radical (unpaired) electrons. The molecule has 1 aromatic carbocycles. The molecule has 10 heteroatoms. The zero-order valence-electron chi connectivity index (χ0n) is 19.2. The third-order valence-electron chi connectivity index (χ3n) is 6.53. The fourth-order valence-electron chi connectivity index (χ4n) is 4.68. The fourth-order valence-corrected chi connectivity index (χ4v) is 6.44. The van der Waals surface area contributed by atoms with E-state index in [2.05, 4.69) is 17.2 Å². The molecular weight excluding hydrogens is 494 g/mol. The third kappa shape index (κ3) is 6.58. The lowest BCUT2D eigenvalue weighted by molar-refractivity contribution is -0.133. The lowest BCUT2D eigenvalue weighted by atomic mass is 9.86. The second kappa shape index (κ2) is 11.6. The Balaban J connectivity index is 1.37. The van der Waals surface area contributed by atoms with Gasteiger partial charge in [-0.1, -0.05) is 29.9 Å². The average Bonchev–Trinajstić information content (AvgIpc) is 3.42. The molecule has 2 N–H and O–H groups in total. The van der Waals surface area contributed by atoms with E-state index in [1.54, 1.807) is 6.20 Å². The first-order valence-electron chi connectivity index (χ1n) is 11.7. The van der Waals surface area contributed by atoms with Crippen molar-refractivity contribution in [2.24, 2.45) is 5.92 Å². The number of aromatic nitrogens is 1. The second-order valence-electron chi connectivity index (χ2n) is 9.04. The lowest BCUT2D eigenvalue weighted by Gasteiger charge is -2.36. The minimum atomic E-state index is -0.876. The highest BCUT2D eigenvalue weighted by Gasteiger charge is 2.29. The number of hydrogen-bond donors (Lipinski definition) is 2. The van der Waals surface area contributed by atoms with Gasteiger partial charge in [0.25, 0.3) is 0 Å². The Kier molecular flexibility index (Phi) is 8.60. The van der Waals surface area contributed by atoms with Crippen LogP contribution in [0.15, 0.2) is 28.6 Å². The minimum absolute atomic E-state index is 0.0266. The summed E-state index contributed by atoms with van der Waals surface area (Å²) in [5.74, 6) is 0.995. The number of nitrogens with one attached hydrogen (secondary N) is 1. The summed E-state index contributed by atoms with van der Waals surface area (Å²) < 4.78 is 6.59. The first-order chi connectivity index (χ1) is 16.4. The predicted octanol–water partition coefficient (Wildman–Crippen LogP) is 6.34. The van der Waals surface area contributed by atoms with Gasteiger partial charge >= 0.3 is 12.0 Å². The Bertz CT molecular complexity index is 1010. The first kappa shape index (κ1) is 25.1. The van der Waals surface area contributed by atoms with Gasteiger partial charge in [-0.15, -0.1) is 11.8 Å². The van der Waals surface area contributed by atoms with Crippen molar-refractivity contribution in [2.75, 3.05) is 24.2 Å². The molecule has 1 fully saturated rings. The number of halogens is 1. The summed E-state index contributed by atoms with van der Waals surface area (Å²) in [6, 6.07) is 5.86. The number of carbonyl (C=O) groups excluding carboxylic acids is 1. The van der Waals surface area contributed by atoms with E-state index in [-0.39, 0.29) is 23.7 Å².